The van der Waals surface area contributed by atoms with Crippen molar-refractivity contribution in [3.8, 4) is 0 Å². The number of nitrogens with zero attached hydrogens (tertiary/aromatic N) is 1. The Hall–Kier alpha value is -0.0800. The van der Waals surface area contributed by atoms with Gasteiger partial charge in [-0.15, -0.1) is 0 Å². The Kier molecular flexibility index (Phi) is 4.40. The topological polar surface area (TPSA) is 15.3 Å². The zero-order chi connectivity index (χ0) is 15.1. The molecule has 2 saturated carbocycles. The minimum Gasteiger partial charge on any atom is -0.313 e. The Morgan fingerprint density at radius 1 is 1.14 bits per heavy atom. The third-order valence-electron chi connectivity index (χ3n) is 6.96. The number of rotatable bonds is 5. The Bertz CT molecular complexity index is 354. The fourth-order valence-electron chi connectivity index (χ4n) is 5.78. The van der Waals surface area contributed by atoms with E-state index in [9.17, 15) is 0 Å². The van der Waals surface area contributed by atoms with Gasteiger partial charge < -0.3 is 10.2 Å². The SMILES string of the molecule is CC(CNC1C2(C)CCC(C2)C1(C)C)CN1CCCCC1. The Balaban J connectivity index is 1.50. The molecule has 3 aliphatic rings. The van der Waals surface area contributed by atoms with Crippen molar-refractivity contribution >= 4 is 0 Å². The molecule has 2 nitrogen and oxygen atoms in total. The van der Waals surface area contributed by atoms with Gasteiger partial charge in [-0.2, -0.15) is 0 Å². The minimum atomic E-state index is 0.498. The predicted molar refractivity (Wildman–Crippen MR) is 90.5 cm³/mol. The van der Waals surface area contributed by atoms with Gasteiger partial charge in [0, 0.05) is 12.6 Å². The molecule has 2 aliphatic carbocycles. The van der Waals surface area contributed by atoms with Crippen LogP contribution >= 0.6 is 0 Å². The lowest BCUT2D eigenvalue weighted by Gasteiger charge is -2.44. The van der Waals surface area contributed by atoms with Crippen LogP contribution in [0.1, 0.15) is 66.2 Å². The van der Waals surface area contributed by atoms with E-state index in [1.807, 2.05) is 0 Å². The fraction of sp³-hybridized carbons (Fsp3) is 1.00. The summed E-state index contributed by atoms with van der Waals surface area (Å²) >= 11 is 0. The Morgan fingerprint density at radius 2 is 1.86 bits per heavy atom. The molecule has 2 heteroatoms. The van der Waals surface area contributed by atoms with E-state index in [0.717, 1.165) is 17.9 Å². The molecule has 1 aliphatic heterocycles. The molecule has 0 aromatic heterocycles. The van der Waals surface area contributed by atoms with Crippen molar-refractivity contribution in [2.75, 3.05) is 26.2 Å². The van der Waals surface area contributed by atoms with Crippen LogP contribution in [0, 0.1) is 22.7 Å². The lowest BCUT2D eigenvalue weighted by Crippen LogP contribution is -2.52. The summed E-state index contributed by atoms with van der Waals surface area (Å²) in [6, 6.07) is 0.729. The van der Waals surface area contributed by atoms with Gasteiger partial charge >= 0.3 is 0 Å². The molecule has 21 heavy (non-hydrogen) atoms. The molecule has 0 spiro atoms. The standard InChI is InChI=1S/C19H36N2/c1-15(14-21-10-6-5-7-11-21)13-20-17-18(2,3)16-8-9-19(17,4)12-16/h15-17,20H,5-14H2,1-4H3. The Morgan fingerprint density at radius 3 is 2.48 bits per heavy atom. The number of fused-ring (bicyclic) bond motifs is 2. The number of hydrogen-bond donors (Lipinski definition) is 1. The van der Waals surface area contributed by atoms with Crippen LogP contribution in [0.3, 0.4) is 0 Å². The smallest absolute Gasteiger partial charge is 0.0175 e. The number of hydrogen-bond acceptors (Lipinski definition) is 2. The molecule has 3 fully saturated rings. The van der Waals surface area contributed by atoms with Crippen molar-refractivity contribution in [3.63, 3.8) is 0 Å². The van der Waals surface area contributed by atoms with Crippen molar-refractivity contribution in [2.24, 2.45) is 22.7 Å². The van der Waals surface area contributed by atoms with E-state index < -0.39 is 0 Å². The largest absolute Gasteiger partial charge is 0.313 e. The van der Waals surface area contributed by atoms with Crippen LogP contribution < -0.4 is 5.32 Å². The first-order valence-electron chi connectivity index (χ1n) is 9.37. The first-order valence-corrected chi connectivity index (χ1v) is 9.37. The van der Waals surface area contributed by atoms with E-state index in [2.05, 4.69) is 37.9 Å². The molecule has 1 saturated heterocycles. The van der Waals surface area contributed by atoms with Crippen LogP contribution in [0.5, 0.6) is 0 Å². The third kappa shape index (κ3) is 3.03. The minimum absolute atomic E-state index is 0.498. The van der Waals surface area contributed by atoms with Gasteiger partial charge in [0.05, 0.1) is 0 Å². The quantitative estimate of drug-likeness (QED) is 0.826. The van der Waals surface area contributed by atoms with Gasteiger partial charge in [-0.1, -0.05) is 34.1 Å². The highest BCUT2D eigenvalue weighted by Gasteiger charge is 2.58. The van der Waals surface area contributed by atoms with Gasteiger partial charge in [-0.05, 0) is 74.4 Å². The first-order chi connectivity index (χ1) is 9.92. The second kappa shape index (κ2) is 5.85. The van der Waals surface area contributed by atoms with Gasteiger partial charge in [0.15, 0.2) is 0 Å². The molecule has 0 aromatic rings. The highest BCUT2D eigenvalue weighted by atomic mass is 15.1. The van der Waals surface area contributed by atoms with E-state index in [-0.39, 0.29) is 0 Å². The van der Waals surface area contributed by atoms with Crippen molar-refractivity contribution in [1.29, 1.82) is 0 Å². The second-order valence-corrected chi connectivity index (χ2v) is 9.22. The van der Waals surface area contributed by atoms with Gasteiger partial charge in [0.1, 0.15) is 0 Å². The Labute approximate surface area is 132 Å². The summed E-state index contributed by atoms with van der Waals surface area (Å²) in [6.07, 6.45) is 8.63. The summed E-state index contributed by atoms with van der Waals surface area (Å²) in [5, 5.41) is 4.01. The lowest BCUT2D eigenvalue weighted by atomic mass is 9.68. The predicted octanol–water partition coefficient (Wildman–Crippen LogP) is 3.91. The van der Waals surface area contributed by atoms with Gasteiger partial charge in [-0.25, -0.2) is 0 Å². The van der Waals surface area contributed by atoms with Crippen molar-refractivity contribution in [2.45, 2.75) is 72.3 Å². The van der Waals surface area contributed by atoms with E-state index in [0.29, 0.717) is 10.8 Å². The fourth-order valence-corrected chi connectivity index (χ4v) is 5.78. The zero-order valence-electron chi connectivity index (χ0n) is 14.8. The van der Waals surface area contributed by atoms with Crippen LogP contribution in [0.2, 0.25) is 0 Å². The van der Waals surface area contributed by atoms with Gasteiger partial charge in [0.2, 0.25) is 0 Å². The van der Waals surface area contributed by atoms with E-state index in [1.54, 1.807) is 0 Å². The molecule has 1 heterocycles. The van der Waals surface area contributed by atoms with Crippen LogP contribution in [-0.4, -0.2) is 37.1 Å². The molecule has 4 unspecified atom stereocenters. The summed E-state index contributed by atoms with van der Waals surface area (Å²) in [7, 11) is 0. The molecule has 122 valence electrons. The third-order valence-corrected chi connectivity index (χ3v) is 6.96. The summed E-state index contributed by atoms with van der Waals surface area (Å²) in [5.41, 5.74) is 1.07. The molecule has 0 aromatic carbocycles. The molecular weight excluding hydrogens is 256 g/mol. The molecule has 2 bridgehead atoms. The molecule has 4 atom stereocenters. The molecule has 0 amide bonds. The van der Waals surface area contributed by atoms with Gasteiger partial charge in [-0.3, -0.25) is 0 Å². The molecule has 3 rings (SSSR count). The van der Waals surface area contributed by atoms with Crippen LogP contribution in [0.4, 0.5) is 0 Å². The van der Waals surface area contributed by atoms with E-state index in [1.165, 1.54) is 64.7 Å². The summed E-state index contributed by atoms with van der Waals surface area (Å²) in [6.45, 7) is 15.1. The van der Waals surface area contributed by atoms with E-state index >= 15 is 0 Å². The second-order valence-electron chi connectivity index (χ2n) is 9.22. The van der Waals surface area contributed by atoms with Crippen molar-refractivity contribution < 1.29 is 0 Å². The summed E-state index contributed by atoms with van der Waals surface area (Å²) in [5.74, 6) is 1.74. The molecular formula is C19H36N2. The van der Waals surface area contributed by atoms with Crippen LogP contribution in [-0.2, 0) is 0 Å². The van der Waals surface area contributed by atoms with Crippen molar-refractivity contribution in [1.82, 2.24) is 10.2 Å². The number of likely N-dealkylation sites (tertiary alicyclic amines) is 1. The highest BCUT2D eigenvalue weighted by Crippen LogP contribution is 2.62. The maximum atomic E-state index is 4.01. The highest BCUT2D eigenvalue weighted by molar-refractivity contribution is 5.12. The van der Waals surface area contributed by atoms with E-state index in [4.69, 9.17) is 0 Å². The number of piperidine rings is 1. The zero-order valence-corrected chi connectivity index (χ0v) is 14.8. The monoisotopic (exact) mass is 292 g/mol. The maximum absolute atomic E-state index is 4.01. The molecule has 0 radical (unpaired) electrons. The van der Waals surface area contributed by atoms with Crippen LogP contribution in [0.15, 0.2) is 0 Å². The normalized spacial score (nSPS) is 40.6. The average Bonchev–Trinajstić information content (AvgIpc) is 2.90. The molecule has 1 N–H and O–H groups in total. The number of nitrogens with one attached hydrogen (secondary N) is 1. The average molecular weight is 293 g/mol. The first kappa shape index (κ1) is 15.8. The van der Waals surface area contributed by atoms with Crippen molar-refractivity contribution in [3.05, 3.63) is 0 Å². The summed E-state index contributed by atoms with van der Waals surface area (Å²) < 4.78 is 0. The maximum Gasteiger partial charge on any atom is 0.0175 e. The van der Waals surface area contributed by atoms with Crippen LogP contribution in [0.25, 0.3) is 0 Å². The van der Waals surface area contributed by atoms with Gasteiger partial charge in [0.25, 0.3) is 0 Å². The lowest BCUT2D eigenvalue weighted by molar-refractivity contribution is 0.102. The summed E-state index contributed by atoms with van der Waals surface area (Å²) in [4.78, 5) is 2.68.